The Hall–Kier alpha value is -2.69. The zero-order chi connectivity index (χ0) is 17.7. The van der Waals surface area contributed by atoms with Crippen LogP contribution in [0.15, 0.2) is 48.5 Å². The van der Waals surface area contributed by atoms with Gasteiger partial charge in [0.15, 0.2) is 0 Å². The molecule has 2 rings (SSSR count). The van der Waals surface area contributed by atoms with E-state index in [4.69, 9.17) is 0 Å². The average Bonchev–Trinajstić information content (AvgIpc) is 2.59. The Kier molecular flexibility index (Phi) is 5.68. The van der Waals surface area contributed by atoms with Crippen molar-refractivity contribution < 1.29 is 19.1 Å². The fourth-order valence-corrected chi connectivity index (χ4v) is 2.43. The maximum atomic E-state index is 14.4. The number of halogens is 1. The monoisotopic (exact) mass is 328 g/mol. The van der Waals surface area contributed by atoms with Crippen molar-refractivity contribution >= 4 is 11.9 Å². The number of aliphatic carboxylic acids is 1. The van der Waals surface area contributed by atoms with Crippen molar-refractivity contribution in [3.8, 4) is 11.1 Å². The lowest BCUT2D eigenvalue weighted by atomic mass is 9.96. The van der Waals surface area contributed by atoms with Gasteiger partial charge in [-0.25, -0.2) is 4.39 Å². The van der Waals surface area contributed by atoms with Crippen LogP contribution in [0.5, 0.6) is 0 Å². The largest absolute Gasteiger partial charge is 0.548 e. The maximum Gasteiger partial charge on any atom is 0.227 e. The molecular formula is C19H19FNO3-. The van der Waals surface area contributed by atoms with Gasteiger partial charge in [-0.1, -0.05) is 49.4 Å². The third kappa shape index (κ3) is 3.98. The van der Waals surface area contributed by atoms with E-state index in [1.54, 1.807) is 38.1 Å². The summed E-state index contributed by atoms with van der Waals surface area (Å²) in [6.07, 6.45) is 0.224. The van der Waals surface area contributed by atoms with Gasteiger partial charge < -0.3 is 15.2 Å². The van der Waals surface area contributed by atoms with Crippen LogP contribution >= 0.6 is 0 Å². The summed E-state index contributed by atoms with van der Waals surface area (Å²) >= 11 is 0. The number of amides is 1. The molecule has 5 heteroatoms. The van der Waals surface area contributed by atoms with Gasteiger partial charge in [0, 0.05) is 5.56 Å². The molecule has 0 aliphatic carbocycles. The lowest BCUT2D eigenvalue weighted by molar-refractivity contribution is -0.308. The Bertz CT molecular complexity index is 731. The summed E-state index contributed by atoms with van der Waals surface area (Å²) in [6, 6.07) is 12.7. The molecule has 0 saturated heterocycles. The summed E-state index contributed by atoms with van der Waals surface area (Å²) in [5.74, 6) is -2.90. The van der Waals surface area contributed by atoms with Crippen LogP contribution in [-0.4, -0.2) is 17.9 Å². The molecule has 0 unspecified atom stereocenters. The van der Waals surface area contributed by atoms with Crippen molar-refractivity contribution in [2.45, 2.75) is 32.2 Å². The van der Waals surface area contributed by atoms with Gasteiger partial charge in [-0.05, 0) is 30.5 Å². The van der Waals surface area contributed by atoms with E-state index in [0.717, 1.165) is 5.56 Å². The third-order valence-electron chi connectivity index (χ3n) is 3.98. The first-order valence-electron chi connectivity index (χ1n) is 7.80. The molecule has 0 fully saturated rings. The molecule has 0 spiro atoms. The smallest absolute Gasteiger partial charge is 0.227 e. The van der Waals surface area contributed by atoms with Crippen LogP contribution in [0.1, 0.15) is 31.7 Å². The van der Waals surface area contributed by atoms with E-state index in [2.05, 4.69) is 5.32 Å². The van der Waals surface area contributed by atoms with E-state index < -0.39 is 29.7 Å². The maximum absolute atomic E-state index is 14.4. The van der Waals surface area contributed by atoms with Crippen LogP contribution in [0.4, 0.5) is 4.39 Å². The highest BCUT2D eigenvalue weighted by Crippen LogP contribution is 2.26. The zero-order valence-corrected chi connectivity index (χ0v) is 13.6. The first kappa shape index (κ1) is 17.7. The van der Waals surface area contributed by atoms with Gasteiger partial charge in [0.2, 0.25) is 5.91 Å². The molecule has 0 radical (unpaired) electrons. The van der Waals surface area contributed by atoms with Crippen LogP contribution in [0, 0.1) is 5.82 Å². The predicted molar refractivity (Wildman–Crippen MR) is 87.5 cm³/mol. The molecule has 2 atom stereocenters. The molecule has 4 nitrogen and oxygen atoms in total. The topological polar surface area (TPSA) is 69.2 Å². The lowest BCUT2D eigenvalue weighted by Crippen LogP contribution is -2.48. The minimum atomic E-state index is -1.33. The Morgan fingerprint density at radius 2 is 1.83 bits per heavy atom. The number of benzene rings is 2. The molecule has 0 heterocycles. The first-order valence-corrected chi connectivity index (χ1v) is 7.80. The van der Waals surface area contributed by atoms with Crippen molar-refractivity contribution in [1.29, 1.82) is 0 Å². The number of rotatable bonds is 6. The highest BCUT2D eigenvalue weighted by molar-refractivity contribution is 5.87. The fraction of sp³-hybridized carbons (Fsp3) is 0.263. The molecule has 2 aromatic rings. The van der Waals surface area contributed by atoms with Crippen LogP contribution in [-0.2, 0) is 9.59 Å². The average molecular weight is 328 g/mol. The van der Waals surface area contributed by atoms with Gasteiger partial charge in [0.1, 0.15) is 5.82 Å². The number of carbonyl (C=O) groups excluding carboxylic acids is 2. The van der Waals surface area contributed by atoms with Gasteiger partial charge in [-0.15, -0.1) is 0 Å². The number of carboxylic acids is 1. The van der Waals surface area contributed by atoms with E-state index in [-0.39, 0.29) is 6.42 Å². The highest BCUT2D eigenvalue weighted by atomic mass is 19.1. The molecule has 1 amide bonds. The fourth-order valence-electron chi connectivity index (χ4n) is 2.43. The molecule has 0 bridgehead atoms. The van der Waals surface area contributed by atoms with E-state index in [1.807, 2.05) is 18.2 Å². The summed E-state index contributed by atoms with van der Waals surface area (Å²) in [4.78, 5) is 23.1. The molecular weight excluding hydrogens is 309 g/mol. The number of hydrogen-bond donors (Lipinski definition) is 1. The van der Waals surface area contributed by atoms with Gasteiger partial charge in [-0.3, -0.25) is 4.79 Å². The SMILES string of the molecule is CC[C@@H](NC(=O)[C@H](C)c1ccc(-c2ccccc2)c(F)c1)C(=O)[O-]. The number of nitrogens with one attached hydrogen (secondary N) is 1. The summed E-state index contributed by atoms with van der Waals surface area (Å²) < 4.78 is 14.4. The second-order valence-corrected chi connectivity index (χ2v) is 5.62. The van der Waals surface area contributed by atoms with E-state index in [9.17, 15) is 19.1 Å². The highest BCUT2D eigenvalue weighted by Gasteiger charge is 2.20. The van der Waals surface area contributed by atoms with Crippen molar-refractivity contribution in [2.75, 3.05) is 0 Å². The quantitative estimate of drug-likeness (QED) is 0.884. The molecule has 0 aliphatic rings. The van der Waals surface area contributed by atoms with Crippen molar-refractivity contribution in [3.05, 3.63) is 59.9 Å². The van der Waals surface area contributed by atoms with Gasteiger partial charge >= 0.3 is 0 Å². The number of hydrogen-bond acceptors (Lipinski definition) is 3. The summed E-state index contributed by atoms with van der Waals surface area (Å²) in [5, 5.41) is 13.3. The number of carboxylic acid groups (broad SMARTS) is 1. The molecule has 126 valence electrons. The molecule has 24 heavy (non-hydrogen) atoms. The van der Waals surface area contributed by atoms with Crippen LogP contribution in [0.3, 0.4) is 0 Å². The van der Waals surface area contributed by atoms with Crippen molar-refractivity contribution in [3.63, 3.8) is 0 Å². The second-order valence-electron chi connectivity index (χ2n) is 5.62. The molecule has 0 saturated carbocycles. The van der Waals surface area contributed by atoms with Crippen LogP contribution in [0.25, 0.3) is 11.1 Å². The summed E-state index contributed by atoms with van der Waals surface area (Å²) in [6.45, 7) is 3.24. The van der Waals surface area contributed by atoms with E-state index in [0.29, 0.717) is 11.1 Å². The van der Waals surface area contributed by atoms with Gasteiger partial charge in [0.05, 0.1) is 17.9 Å². The van der Waals surface area contributed by atoms with E-state index in [1.165, 1.54) is 6.07 Å². The minimum Gasteiger partial charge on any atom is -0.548 e. The second kappa shape index (κ2) is 7.73. The molecule has 2 aromatic carbocycles. The van der Waals surface area contributed by atoms with Gasteiger partial charge in [0.25, 0.3) is 0 Å². The Labute approximate surface area is 140 Å². The predicted octanol–water partition coefficient (Wildman–Crippen LogP) is 2.24. The Morgan fingerprint density at radius 3 is 2.38 bits per heavy atom. The normalized spacial score (nSPS) is 13.1. The third-order valence-corrected chi connectivity index (χ3v) is 3.98. The summed E-state index contributed by atoms with van der Waals surface area (Å²) in [5.41, 5.74) is 1.69. The molecule has 0 aromatic heterocycles. The van der Waals surface area contributed by atoms with Gasteiger partial charge in [-0.2, -0.15) is 0 Å². The standard InChI is InChI=1S/C19H20FNO3/c1-3-17(19(23)24)21-18(22)12(2)14-9-10-15(16(20)11-14)13-7-5-4-6-8-13/h4-12,17H,3H2,1-2H3,(H,21,22)(H,23,24)/p-1/t12-,17-/m1/s1. The Balaban J connectivity index is 2.19. The molecule has 0 aliphatic heterocycles. The minimum absolute atomic E-state index is 0.224. The first-order chi connectivity index (χ1) is 11.4. The lowest BCUT2D eigenvalue weighted by Gasteiger charge is -2.21. The van der Waals surface area contributed by atoms with E-state index >= 15 is 0 Å². The zero-order valence-electron chi connectivity index (χ0n) is 13.6. The van der Waals surface area contributed by atoms with Crippen LogP contribution < -0.4 is 10.4 Å². The summed E-state index contributed by atoms with van der Waals surface area (Å²) in [7, 11) is 0. The Morgan fingerprint density at radius 1 is 1.17 bits per heavy atom. The number of carbonyl (C=O) groups is 2. The van der Waals surface area contributed by atoms with Crippen molar-refractivity contribution in [2.24, 2.45) is 0 Å². The molecule has 1 N–H and O–H groups in total. The van der Waals surface area contributed by atoms with Crippen LogP contribution in [0.2, 0.25) is 0 Å². The van der Waals surface area contributed by atoms with Crippen molar-refractivity contribution in [1.82, 2.24) is 5.32 Å².